The van der Waals surface area contributed by atoms with Crippen LogP contribution in [0.5, 0.6) is 0 Å². The third-order valence-corrected chi connectivity index (χ3v) is 5.66. The second kappa shape index (κ2) is 8.28. The van der Waals surface area contributed by atoms with Gasteiger partial charge in [-0.1, -0.05) is 34.5 Å². The zero-order chi connectivity index (χ0) is 16.9. The number of hydrogen-bond acceptors (Lipinski definition) is 3. The molecule has 4 nitrogen and oxygen atoms in total. The number of nitrogens with one attached hydrogen (secondary N) is 1. The molecular formula is C19H25BrN2O2. The molecule has 3 atom stereocenters. The number of carbonyl (C=O) groups excluding carboxylic acids is 1. The molecule has 3 rings (SSSR count). The monoisotopic (exact) mass is 392 g/mol. The summed E-state index contributed by atoms with van der Waals surface area (Å²) in [6.45, 7) is 2.68. The SMILES string of the molecule is COC1CCCC(CNC(=O)c2ccc(Br)cc2)C1N1CC=CC1. The molecule has 2 aliphatic rings. The average molecular weight is 393 g/mol. The summed E-state index contributed by atoms with van der Waals surface area (Å²) in [4.78, 5) is 14.9. The molecule has 130 valence electrons. The van der Waals surface area contributed by atoms with E-state index in [-0.39, 0.29) is 12.0 Å². The normalized spacial score (nSPS) is 27.3. The summed E-state index contributed by atoms with van der Waals surface area (Å²) in [6, 6.07) is 7.87. The Bertz CT molecular complexity index is 578. The molecule has 0 aromatic heterocycles. The molecule has 3 unspecified atom stereocenters. The number of methoxy groups -OCH3 is 1. The summed E-state index contributed by atoms with van der Waals surface area (Å²) in [5.41, 5.74) is 0.705. The lowest BCUT2D eigenvalue weighted by Crippen LogP contribution is -2.53. The topological polar surface area (TPSA) is 41.6 Å². The van der Waals surface area contributed by atoms with Crippen LogP contribution in [0.25, 0.3) is 0 Å². The van der Waals surface area contributed by atoms with E-state index in [4.69, 9.17) is 4.74 Å². The van der Waals surface area contributed by atoms with Crippen LogP contribution in [0.2, 0.25) is 0 Å². The Morgan fingerprint density at radius 2 is 1.96 bits per heavy atom. The highest BCUT2D eigenvalue weighted by molar-refractivity contribution is 9.10. The first-order chi connectivity index (χ1) is 11.7. The van der Waals surface area contributed by atoms with Gasteiger partial charge in [0.05, 0.1) is 6.10 Å². The van der Waals surface area contributed by atoms with E-state index in [1.807, 2.05) is 31.4 Å². The van der Waals surface area contributed by atoms with Crippen molar-refractivity contribution in [3.05, 3.63) is 46.5 Å². The minimum atomic E-state index is 0.000312. The molecule has 0 saturated heterocycles. The molecule has 0 bridgehead atoms. The van der Waals surface area contributed by atoms with Gasteiger partial charge in [-0.15, -0.1) is 0 Å². The summed E-state index contributed by atoms with van der Waals surface area (Å²) in [7, 11) is 1.81. The molecule has 1 amide bonds. The molecule has 24 heavy (non-hydrogen) atoms. The van der Waals surface area contributed by atoms with Gasteiger partial charge in [0.25, 0.3) is 5.91 Å². The Labute approximate surface area is 152 Å². The quantitative estimate of drug-likeness (QED) is 0.781. The first-order valence-electron chi connectivity index (χ1n) is 8.64. The van der Waals surface area contributed by atoms with E-state index in [2.05, 4.69) is 38.3 Å². The van der Waals surface area contributed by atoms with Crippen molar-refractivity contribution in [2.75, 3.05) is 26.7 Å². The summed E-state index contributed by atoms with van der Waals surface area (Å²) < 4.78 is 6.75. The predicted octanol–water partition coefficient (Wildman–Crippen LogP) is 3.23. The van der Waals surface area contributed by atoms with Crippen molar-refractivity contribution in [2.45, 2.75) is 31.4 Å². The predicted molar refractivity (Wildman–Crippen MR) is 99.1 cm³/mol. The summed E-state index contributed by atoms with van der Waals surface area (Å²) in [6.07, 6.45) is 8.11. The van der Waals surface area contributed by atoms with Crippen LogP contribution in [-0.4, -0.2) is 49.7 Å². The van der Waals surface area contributed by atoms with Crippen LogP contribution in [-0.2, 0) is 4.74 Å². The third kappa shape index (κ3) is 4.08. The van der Waals surface area contributed by atoms with Crippen LogP contribution in [0.1, 0.15) is 29.6 Å². The molecule has 1 aromatic carbocycles. The molecule has 1 aromatic rings. The Morgan fingerprint density at radius 3 is 2.62 bits per heavy atom. The van der Waals surface area contributed by atoms with Crippen LogP contribution in [0.15, 0.2) is 40.9 Å². The highest BCUT2D eigenvalue weighted by atomic mass is 79.9. The maximum atomic E-state index is 12.4. The Hall–Kier alpha value is -1.17. The van der Waals surface area contributed by atoms with E-state index in [0.29, 0.717) is 24.1 Å². The van der Waals surface area contributed by atoms with Crippen LogP contribution in [0.3, 0.4) is 0 Å². The molecule has 1 N–H and O–H groups in total. The van der Waals surface area contributed by atoms with Gasteiger partial charge in [-0.2, -0.15) is 0 Å². The van der Waals surface area contributed by atoms with E-state index in [0.717, 1.165) is 36.8 Å². The van der Waals surface area contributed by atoms with E-state index < -0.39 is 0 Å². The molecular weight excluding hydrogens is 368 g/mol. The number of nitrogens with zero attached hydrogens (tertiary/aromatic N) is 1. The van der Waals surface area contributed by atoms with Crippen LogP contribution in [0, 0.1) is 5.92 Å². The van der Waals surface area contributed by atoms with Crippen molar-refractivity contribution in [2.24, 2.45) is 5.92 Å². The Balaban J connectivity index is 1.63. The highest BCUT2D eigenvalue weighted by Gasteiger charge is 2.37. The van der Waals surface area contributed by atoms with Gasteiger partial charge in [-0.05, 0) is 43.0 Å². The van der Waals surface area contributed by atoms with Crippen molar-refractivity contribution in [3.63, 3.8) is 0 Å². The van der Waals surface area contributed by atoms with Gasteiger partial charge in [0.1, 0.15) is 0 Å². The van der Waals surface area contributed by atoms with Crippen molar-refractivity contribution >= 4 is 21.8 Å². The van der Waals surface area contributed by atoms with Crippen LogP contribution in [0.4, 0.5) is 0 Å². The molecule has 0 spiro atoms. The van der Waals surface area contributed by atoms with Crippen molar-refractivity contribution in [1.29, 1.82) is 0 Å². The fraction of sp³-hybridized carbons (Fsp3) is 0.526. The standard InChI is InChI=1S/C19H25BrN2O2/c1-24-17-6-4-5-15(18(17)22-11-2-3-12-22)13-21-19(23)14-7-9-16(20)10-8-14/h2-3,7-10,15,17-18H,4-6,11-13H2,1H3,(H,21,23). The zero-order valence-electron chi connectivity index (χ0n) is 14.1. The van der Waals surface area contributed by atoms with E-state index in [1.165, 1.54) is 0 Å². The number of rotatable bonds is 5. The number of amides is 1. The van der Waals surface area contributed by atoms with E-state index in [9.17, 15) is 4.79 Å². The second-order valence-corrected chi connectivity index (χ2v) is 7.51. The van der Waals surface area contributed by atoms with Gasteiger partial charge in [-0.25, -0.2) is 0 Å². The molecule has 5 heteroatoms. The molecule has 1 aliphatic carbocycles. The van der Waals surface area contributed by atoms with Gasteiger partial charge < -0.3 is 10.1 Å². The van der Waals surface area contributed by atoms with Gasteiger partial charge in [0.2, 0.25) is 0 Å². The highest BCUT2D eigenvalue weighted by Crippen LogP contribution is 2.31. The number of benzene rings is 1. The lowest BCUT2D eigenvalue weighted by molar-refractivity contribution is -0.0282. The first kappa shape index (κ1) is 17.6. The molecule has 1 aliphatic heterocycles. The largest absolute Gasteiger partial charge is 0.380 e. The lowest BCUT2D eigenvalue weighted by atomic mass is 9.81. The summed E-state index contributed by atoms with van der Waals surface area (Å²) in [5, 5.41) is 3.13. The van der Waals surface area contributed by atoms with Crippen molar-refractivity contribution < 1.29 is 9.53 Å². The number of halogens is 1. The minimum absolute atomic E-state index is 0.000312. The summed E-state index contributed by atoms with van der Waals surface area (Å²) in [5.74, 6) is 0.434. The average Bonchev–Trinajstić information content (AvgIpc) is 3.14. The van der Waals surface area contributed by atoms with Crippen LogP contribution < -0.4 is 5.32 Å². The maximum Gasteiger partial charge on any atom is 0.251 e. The van der Waals surface area contributed by atoms with Gasteiger partial charge >= 0.3 is 0 Å². The third-order valence-electron chi connectivity index (χ3n) is 5.13. The van der Waals surface area contributed by atoms with E-state index in [1.54, 1.807) is 0 Å². The Kier molecular flexibility index (Phi) is 6.09. The Morgan fingerprint density at radius 1 is 1.25 bits per heavy atom. The van der Waals surface area contributed by atoms with Crippen molar-refractivity contribution in [1.82, 2.24) is 10.2 Å². The number of ether oxygens (including phenoxy) is 1. The molecule has 1 fully saturated rings. The second-order valence-electron chi connectivity index (χ2n) is 6.60. The molecule has 1 heterocycles. The fourth-order valence-corrected chi connectivity index (χ4v) is 4.17. The minimum Gasteiger partial charge on any atom is -0.380 e. The maximum absolute atomic E-state index is 12.4. The number of carbonyl (C=O) groups is 1. The van der Waals surface area contributed by atoms with E-state index >= 15 is 0 Å². The molecule has 1 saturated carbocycles. The van der Waals surface area contributed by atoms with Crippen molar-refractivity contribution in [3.8, 4) is 0 Å². The fourth-order valence-electron chi connectivity index (χ4n) is 3.90. The lowest BCUT2D eigenvalue weighted by Gasteiger charge is -2.42. The summed E-state index contributed by atoms with van der Waals surface area (Å²) >= 11 is 3.40. The van der Waals surface area contributed by atoms with Gasteiger partial charge in [0, 0.05) is 42.8 Å². The smallest absolute Gasteiger partial charge is 0.251 e. The number of hydrogen-bond donors (Lipinski definition) is 1. The molecule has 0 radical (unpaired) electrons. The zero-order valence-corrected chi connectivity index (χ0v) is 15.7. The van der Waals surface area contributed by atoms with Gasteiger partial charge in [-0.3, -0.25) is 9.69 Å². The first-order valence-corrected chi connectivity index (χ1v) is 9.44. The van der Waals surface area contributed by atoms with Gasteiger partial charge in [0.15, 0.2) is 0 Å². The van der Waals surface area contributed by atoms with Crippen LogP contribution >= 0.6 is 15.9 Å².